The predicted molar refractivity (Wildman–Crippen MR) is 145 cm³/mol. The van der Waals surface area contributed by atoms with Crippen LogP contribution in [0.1, 0.15) is 72.6 Å². The van der Waals surface area contributed by atoms with Gasteiger partial charge in [-0.1, -0.05) is 65.4 Å². The lowest BCUT2D eigenvalue weighted by Crippen LogP contribution is -2.18. The Labute approximate surface area is 208 Å². The highest BCUT2D eigenvalue weighted by molar-refractivity contribution is 6.00. The van der Waals surface area contributed by atoms with Crippen molar-refractivity contribution in [3.63, 3.8) is 0 Å². The van der Waals surface area contributed by atoms with E-state index in [4.69, 9.17) is 9.47 Å². The van der Waals surface area contributed by atoms with E-state index in [2.05, 4.69) is 40.7 Å². The first kappa shape index (κ1) is 28.0. The van der Waals surface area contributed by atoms with Crippen molar-refractivity contribution in [3.05, 3.63) is 52.6 Å². The topological polar surface area (TPSA) is 97.3 Å². The minimum absolute atomic E-state index is 0.203. The molecule has 0 aliphatic rings. The fraction of sp³-hybridized carbons (Fsp3) is 0.519. The average Bonchev–Trinajstić information content (AvgIpc) is 3.47. The van der Waals surface area contributed by atoms with Crippen molar-refractivity contribution in [2.75, 3.05) is 14.2 Å². The summed E-state index contributed by atoms with van der Waals surface area (Å²) in [6, 6.07) is 1.90. The van der Waals surface area contributed by atoms with Crippen molar-refractivity contribution in [2.45, 2.75) is 79.2 Å². The number of hydrogen-bond acceptors (Lipinski definition) is 5. The molecule has 0 fully saturated rings. The normalized spacial score (nSPS) is 12.7. The van der Waals surface area contributed by atoms with E-state index in [1.165, 1.54) is 32.1 Å². The molecule has 3 aromatic heterocycles. The molecule has 0 aromatic carbocycles. The van der Waals surface area contributed by atoms with Crippen LogP contribution in [0.15, 0.2) is 51.9 Å². The van der Waals surface area contributed by atoms with E-state index in [1.807, 2.05) is 19.1 Å². The van der Waals surface area contributed by atoms with Gasteiger partial charge in [0, 0.05) is 17.7 Å². The summed E-state index contributed by atoms with van der Waals surface area (Å²) in [6.45, 7) is 8.71. The molecule has 0 atom stereocenters. The lowest BCUT2D eigenvalue weighted by atomic mass is 10.2. The molecule has 0 saturated heterocycles. The van der Waals surface area contributed by atoms with E-state index < -0.39 is 0 Å². The van der Waals surface area contributed by atoms with Gasteiger partial charge in [-0.2, -0.15) is 0 Å². The number of fused-ring (bicyclic) bond motifs is 3. The van der Waals surface area contributed by atoms with Gasteiger partial charge in [0.1, 0.15) is 5.65 Å². The standard InChI is InChI=1S/C20H25N5O3.C7H16/c1-5-6-7-14(23-17(28-4)10-13(2)27-3)12-25-16-11-22-19-15(8-9-21-19)18(16)24-20(25)26;1-3-5-7-6-4-2/h7-11H,5-6,12H2,1-4H3,(H,21,22)(H,24,26);3-7H2,1-2H3/b13-10+,14-7+,23-17-;. The van der Waals surface area contributed by atoms with E-state index in [9.17, 15) is 4.79 Å². The number of aliphatic imine (C=N–C) groups is 1. The molecule has 0 saturated carbocycles. The van der Waals surface area contributed by atoms with E-state index in [1.54, 1.807) is 37.3 Å². The van der Waals surface area contributed by atoms with Crippen molar-refractivity contribution in [3.8, 4) is 0 Å². The van der Waals surface area contributed by atoms with Crippen LogP contribution < -0.4 is 5.69 Å². The summed E-state index contributed by atoms with van der Waals surface area (Å²) >= 11 is 0. The number of methoxy groups -OCH3 is 2. The predicted octanol–water partition coefficient (Wildman–Crippen LogP) is 6.46. The Hall–Kier alpha value is -3.29. The van der Waals surface area contributed by atoms with Crippen LogP contribution in [0.3, 0.4) is 0 Å². The maximum atomic E-state index is 12.6. The zero-order valence-corrected chi connectivity index (χ0v) is 22.1. The third-order valence-corrected chi connectivity index (χ3v) is 5.64. The molecule has 0 amide bonds. The van der Waals surface area contributed by atoms with Crippen LogP contribution in [0.25, 0.3) is 22.1 Å². The summed E-state index contributed by atoms with van der Waals surface area (Å²) in [4.78, 5) is 27.6. The SMILES string of the molecule is CCC/C=C(Cn1c(=O)[nH]c2c3cc[nH]c3ncc21)/N=C(/C=C(\C)OC)OC.CCCCCCC. The second kappa shape index (κ2) is 14.9. The van der Waals surface area contributed by atoms with Crippen LogP contribution in [0.5, 0.6) is 0 Å². The van der Waals surface area contributed by atoms with Gasteiger partial charge in [0.15, 0.2) is 0 Å². The molecular formula is C27H41N5O3. The first-order valence-electron chi connectivity index (χ1n) is 12.6. The highest BCUT2D eigenvalue weighted by atomic mass is 16.5. The summed E-state index contributed by atoms with van der Waals surface area (Å²) < 4.78 is 12.2. The van der Waals surface area contributed by atoms with Crippen LogP contribution >= 0.6 is 0 Å². The number of unbranched alkanes of at least 4 members (excludes halogenated alkanes) is 5. The number of hydrogen-bond donors (Lipinski definition) is 2. The van der Waals surface area contributed by atoms with E-state index in [0.717, 1.165) is 40.6 Å². The molecule has 3 heterocycles. The average molecular weight is 484 g/mol. The lowest BCUT2D eigenvalue weighted by molar-refractivity contribution is 0.292. The maximum absolute atomic E-state index is 12.6. The number of nitrogens with one attached hydrogen (secondary N) is 2. The van der Waals surface area contributed by atoms with Gasteiger partial charge in [-0.05, 0) is 19.4 Å². The van der Waals surface area contributed by atoms with Gasteiger partial charge in [0.25, 0.3) is 0 Å². The first-order valence-corrected chi connectivity index (χ1v) is 12.6. The number of imidazole rings is 1. The maximum Gasteiger partial charge on any atom is 0.326 e. The largest absolute Gasteiger partial charge is 0.501 e. The Morgan fingerprint density at radius 3 is 2.49 bits per heavy atom. The smallest absolute Gasteiger partial charge is 0.326 e. The monoisotopic (exact) mass is 483 g/mol. The van der Waals surface area contributed by atoms with Gasteiger partial charge < -0.3 is 19.4 Å². The van der Waals surface area contributed by atoms with Crippen LogP contribution in [0, 0.1) is 0 Å². The second-order valence-electron chi connectivity index (χ2n) is 8.43. The zero-order valence-electron chi connectivity index (χ0n) is 22.1. The minimum Gasteiger partial charge on any atom is -0.501 e. The Morgan fingerprint density at radius 2 is 1.86 bits per heavy atom. The fourth-order valence-corrected chi connectivity index (χ4v) is 3.58. The molecule has 35 heavy (non-hydrogen) atoms. The van der Waals surface area contributed by atoms with Crippen LogP contribution in [0.2, 0.25) is 0 Å². The number of aromatic nitrogens is 4. The molecular weight excluding hydrogens is 442 g/mol. The summed E-state index contributed by atoms with van der Waals surface area (Å²) in [5.41, 5.74) is 2.76. The molecule has 0 radical (unpaired) electrons. The van der Waals surface area contributed by atoms with Crippen LogP contribution in [-0.4, -0.2) is 39.6 Å². The number of pyridine rings is 1. The van der Waals surface area contributed by atoms with Gasteiger partial charge in [-0.25, -0.2) is 14.8 Å². The van der Waals surface area contributed by atoms with E-state index in [-0.39, 0.29) is 5.69 Å². The Balaban J connectivity index is 0.000000540. The lowest BCUT2D eigenvalue weighted by Gasteiger charge is -2.08. The first-order chi connectivity index (χ1) is 17.0. The van der Waals surface area contributed by atoms with Crippen molar-refractivity contribution in [1.82, 2.24) is 19.5 Å². The van der Waals surface area contributed by atoms with Gasteiger partial charge >= 0.3 is 5.69 Å². The van der Waals surface area contributed by atoms with Gasteiger partial charge in [-0.3, -0.25) is 4.57 Å². The zero-order chi connectivity index (χ0) is 25.6. The summed E-state index contributed by atoms with van der Waals surface area (Å²) in [5, 5.41) is 0.882. The molecule has 8 heteroatoms. The second-order valence-corrected chi connectivity index (χ2v) is 8.43. The fourth-order valence-electron chi connectivity index (χ4n) is 3.58. The van der Waals surface area contributed by atoms with E-state index in [0.29, 0.717) is 18.2 Å². The molecule has 3 rings (SSSR count). The summed E-state index contributed by atoms with van der Waals surface area (Å²) in [7, 11) is 3.15. The number of nitrogens with zero attached hydrogens (tertiary/aromatic N) is 3. The number of rotatable bonds is 11. The molecule has 0 aliphatic carbocycles. The molecule has 192 valence electrons. The number of allylic oxidation sites excluding steroid dienone is 3. The van der Waals surface area contributed by atoms with Crippen molar-refractivity contribution in [2.24, 2.45) is 4.99 Å². The quantitative estimate of drug-likeness (QED) is 0.141. The summed E-state index contributed by atoms with van der Waals surface area (Å²) in [5.74, 6) is 1.10. The molecule has 0 spiro atoms. The molecule has 2 N–H and O–H groups in total. The third-order valence-electron chi connectivity index (χ3n) is 5.64. The minimum atomic E-state index is -0.203. The van der Waals surface area contributed by atoms with Crippen molar-refractivity contribution < 1.29 is 9.47 Å². The van der Waals surface area contributed by atoms with Crippen molar-refractivity contribution in [1.29, 1.82) is 0 Å². The highest BCUT2D eigenvalue weighted by Crippen LogP contribution is 2.20. The van der Waals surface area contributed by atoms with Gasteiger partial charge in [0.05, 0.1) is 49.5 Å². The summed E-state index contributed by atoms with van der Waals surface area (Å²) in [6.07, 6.45) is 16.1. The number of ether oxygens (including phenoxy) is 2. The van der Waals surface area contributed by atoms with E-state index >= 15 is 0 Å². The molecule has 0 bridgehead atoms. The highest BCUT2D eigenvalue weighted by Gasteiger charge is 2.13. The van der Waals surface area contributed by atoms with Crippen LogP contribution in [-0.2, 0) is 16.0 Å². The molecule has 0 unspecified atom stereocenters. The molecule has 3 aromatic rings. The van der Waals surface area contributed by atoms with Crippen molar-refractivity contribution >= 4 is 28.0 Å². The Kier molecular flexibility index (Phi) is 11.9. The Bertz CT molecular complexity index is 1190. The number of aromatic amines is 2. The third kappa shape index (κ3) is 8.16. The molecule has 8 nitrogen and oxygen atoms in total. The Morgan fingerprint density at radius 1 is 1.11 bits per heavy atom. The van der Waals surface area contributed by atoms with Gasteiger partial charge in [-0.15, -0.1) is 0 Å². The van der Waals surface area contributed by atoms with Crippen LogP contribution in [0.4, 0.5) is 0 Å². The molecule has 0 aliphatic heterocycles. The van der Waals surface area contributed by atoms with Gasteiger partial charge in [0.2, 0.25) is 5.90 Å². The number of H-pyrrole nitrogens is 2.